The van der Waals surface area contributed by atoms with Crippen molar-refractivity contribution in [2.24, 2.45) is 0 Å². The largest absolute Gasteiger partial charge is 0.277 e. The summed E-state index contributed by atoms with van der Waals surface area (Å²) in [6.45, 7) is 6.90. The average molecular weight is 514 g/mol. The summed E-state index contributed by atoms with van der Waals surface area (Å²) in [7, 11) is 0. The van der Waals surface area contributed by atoms with E-state index in [0.717, 1.165) is 16.8 Å². The molecule has 3 aromatic heterocycles. The van der Waals surface area contributed by atoms with Gasteiger partial charge in [-0.15, -0.1) is 0 Å². The molecule has 9 rings (SSSR count). The number of benzene rings is 6. The van der Waals surface area contributed by atoms with Gasteiger partial charge in [0.05, 0.1) is 27.6 Å². The van der Waals surface area contributed by atoms with Crippen molar-refractivity contribution in [2.45, 2.75) is 26.2 Å². The van der Waals surface area contributed by atoms with E-state index in [2.05, 4.69) is 139 Å². The van der Waals surface area contributed by atoms with Gasteiger partial charge in [-0.2, -0.15) is 0 Å². The molecule has 0 bridgehead atoms. The summed E-state index contributed by atoms with van der Waals surface area (Å²) >= 11 is 0. The van der Waals surface area contributed by atoms with Crippen LogP contribution in [0.25, 0.3) is 76.8 Å². The van der Waals surface area contributed by atoms with Gasteiger partial charge < -0.3 is 0 Å². The van der Waals surface area contributed by atoms with Crippen LogP contribution in [0.2, 0.25) is 0 Å². The van der Waals surface area contributed by atoms with Crippen LogP contribution in [-0.4, -0.2) is 13.8 Å². The van der Waals surface area contributed by atoms with Crippen LogP contribution in [0.5, 0.6) is 0 Å². The Morgan fingerprint density at radius 1 is 0.550 bits per heavy atom. The van der Waals surface area contributed by atoms with Crippen LogP contribution < -0.4 is 0 Å². The summed E-state index contributed by atoms with van der Waals surface area (Å²) in [4.78, 5) is 5.27. The number of imidazole rings is 2. The molecule has 0 atom stereocenters. The van der Waals surface area contributed by atoms with Crippen LogP contribution in [0.15, 0.2) is 109 Å². The Morgan fingerprint density at radius 3 is 1.90 bits per heavy atom. The summed E-state index contributed by atoms with van der Waals surface area (Å²) in [6, 6.07) is 40.1. The molecule has 40 heavy (non-hydrogen) atoms. The number of aromatic nitrogens is 3. The molecule has 0 aliphatic rings. The molecule has 0 aliphatic heterocycles. The molecule has 0 saturated carbocycles. The molecule has 3 heterocycles. The van der Waals surface area contributed by atoms with Gasteiger partial charge in [-0.1, -0.05) is 93.6 Å². The first-order valence-corrected chi connectivity index (χ1v) is 14.0. The summed E-state index contributed by atoms with van der Waals surface area (Å²) < 4.78 is 4.76. The van der Waals surface area contributed by atoms with Crippen LogP contribution in [-0.2, 0) is 5.41 Å². The van der Waals surface area contributed by atoms with Crippen molar-refractivity contribution in [2.75, 3.05) is 0 Å². The molecular formula is C37H27N3. The molecule has 9 aromatic rings. The molecule has 190 valence electrons. The van der Waals surface area contributed by atoms with Gasteiger partial charge >= 0.3 is 0 Å². The average Bonchev–Trinajstić information content (AvgIpc) is 3.59. The number of hydrogen-bond acceptors (Lipinski definition) is 1. The second kappa shape index (κ2) is 7.40. The Balaban J connectivity index is 1.52. The third-order valence-electron chi connectivity index (χ3n) is 8.70. The molecule has 6 aromatic carbocycles. The molecule has 0 amide bonds. The Kier molecular flexibility index (Phi) is 4.06. The predicted octanol–water partition coefficient (Wildman–Crippen LogP) is 9.76. The van der Waals surface area contributed by atoms with E-state index in [1.165, 1.54) is 65.6 Å². The van der Waals surface area contributed by atoms with Gasteiger partial charge in [-0.05, 0) is 80.0 Å². The molecule has 3 nitrogen and oxygen atoms in total. The van der Waals surface area contributed by atoms with Crippen LogP contribution in [0.1, 0.15) is 26.3 Å². The second-order valence-corrected chi connectivity index (χ2v) is 12.2. The highest BCUT2D eigenvalue weighted by molar-refractivity contribution is 6.20. The van der Waals surface area contributed by atoms with Crippen molar-refractivity contribution in [1.29, 1.82) is 0 Å². The van der Waals surface area contributed by atoms with Gasteiger partial charge in [0.15, 0.2) is 0 Å². The van der Waals surface area contributed by atoms with Crippen molar-refractivity contribution in [3.05, 3.63) is 115 Å². The standard InChI is InChI=1S/C37H27N3/c1-37(2,3)30-15-9-8-14-27(30)26-17-29-28-16-22-10-4-6-12-24(22)19-32(28)40-35(29)34(21-26)39-33-20-25-13-7-5-11-23(25)18-31(33)38-36(39)40/h4-21H,1-3H3. The van der Waals surface area contributed by atoms with E-state index in [9.17, 15) is 0 Å². The molecule has 0 saturated heterocycles. The fraction of sp³-hybridized carbons (Fsp3) is 0.108. The Labute approximate surface area is 231 Å². The highest BCUT2D eigenvalue weighted by Crippen LogP contribution is 2.42. The fourth-order valence-corrected chi connectivity index (χ4v) is 6.87. The van der Waals surface area contributed by atoms with E-state index >= 15 is 0 Å². The summed E-state index contributed by atoms with van der Waals surface area (Å²) in [6.07, 6.45) is 0. The minimum absolute atomic E-state index is 0.0296. The Morgan fingerprint density at radius 2 is 1.18 bits per heavy atom. The first kappa shape index (κ1) is 22.0. The van der Waals surface area contributed by atoms with Crippen molar-refractivity contribution >= 4 is 65.7 Å². The van der Waals surface area contributed by atoms with Crippen molar-refractivity contribution in [3.63, 3.8) is 0 Å². The van der Waals surface area contributed by atoms with Gasteiger partial charge in [0.1, 0.15) is 0 Å². The number of rotatable bonds is 1. The summed E-state index contributed by atoms with van der Waals surface area (Å²) in [5.74, 6) is 0.969. The third kappa shape index (κ3) is 2.82. The molecule has 0 unspecified atom stereocenters. The van der Waals surface area contributed by atoms with Gasteiger partial charge in [-0.25, -0.2) is 4.98 Å². The first-order valence-electron chi connectivity index (χ1n) is 14.0. The number of hydrogen-bond donors (Lipinski definition) is 0. The fourth-order valence-electron chi connectivity index (χ4n) is 6.87. The summed E-state index contributed by atoms with van der Waals surface area (Å²) in [5, 5.41) is 7.50. The van der Waals surface area contributed by atoms with Crippen molar-refractivity contribution in [1.82, 2.24) is 13.8 Å². The van der Waals surface area contributed by atoms with Crippen molar-refractivity contribution < 1.29 is 0 Å². The minimum Gasteiger partial charge on any atom is -0.277 e. The first-order chi connectivity index (χ1) is 19.5. The lowest BCUT2D eigenvalue weighted by Crippen LogP contribution is -2.12. The zero-order valence-corrected chi connectivity index (χ0v) is 22.7. The van der Waals surface area contributed by atoms with E-state index < -0.39 is 0 Å². The van der Waals surface area contributed by atoms with E-state index in [0.29, 0.717) is 0 Å². The van der Waals surface area contributed by atoms with Gasteiger partial charge in [0.25, 0.3) is 0 Å². The van der Waals surface area contributed by atoms with Crippen molar-refractivity contribution in [3.8, 4) is 11.1 Å². The second-order valence-electron chi connectivity index (χ2n) is 12.2. The molecule has 0 radical (unpaired) electrons. The summed E-state index contributed by atoms with van der Waals surface area (Å²) in [5.41, 5.74) is 9.73. The van der Waals surface area contributed by atoms with Crippen LogP contribution in [0.3, 0.4) is 0 Å². The van der Waals surface area contributed by atoms with Gasteiger partial charge in [0, 0.05) is 10.8 Å². The Bertz CT molecular complexity index is 2470. The lowest BCUT2D eigenvalue weighted by molar-refractivity contribution is 0.592. The maximum atomic E-state index is 5.27. The van der Waals surface area contributed by atoms with Crippen LogP contribution in [0, 0.1) is 0 Å². The van der Waals surface area contributed by atoms with E-state index in [-0.39, 0.29) is 5.41 Å². The quantitative estimate of drug-likeness (QED) is 0.214. The van der Waals surface area contributed by atoms with Crippen LogP contribution in [0.4, 0.5) is 0 Å². The third-order valence-corrected chi connectivity index (χ3v) is 8.70. The molecule has 3 heteroatoms. The van der Waals surface area contributed by atoms with E-state index in [1.807, 2.05) is 0 Å². The normalized spacial score (nSPS) is 12.9. The topological polar surface area (TPSA) is 21.7 Å². The minimum atomic E-state index is 0.0296. The Hall–Kier alpha value is -4.89. The maximum absolute atomic E-state index is 5.27. The lowest BCUT2D eigenvalue weighted by atomic mass is 9.81. The molecule has 0 aliphatic carbocycles. The molecular weight excluding hydrogens is 486 g/mol. The zero-order chi connectivity index (χ0) is 26.7. The molecule has 0 N–H and O–H groups in total. The highest BCUT2D eigenvalue weighted by Gasteiger charge is 2.24. The zero-order valence-electron chi connectivity index (χ0n) is 22.7. The van der Waals surface area contributed by atoms with Crippen LogP contribution >= 0.6 is 0 Å². The number of fused-ring (bicyclic) bond motifs is 10. The molecule has 0 spiro atoms. The van der Waals surface area contributed by atoms with Gasteiger partial charge in [0.2, 0.25) is 5.78 Å². The maximum Gasteiger partial charge on any atom is 0.220 e. The van der Waals surface area contributed by atoms with E-state index in [1.54, 1.807) is 0 Å². The predicted molar refractivity (Wildman–Crippen MR) is 169 cm³/mol. The van der Waals surface area contributed by atoms with Gasteiger partial charge in [-0.3, -0.25) is 8.80 Å². The highest BCUT2D eigenvalue weighted by atomic mass is 15.2. The van der Waals surface area contributed by atoms with E-state index in [4.69, 9.17) is 4.98 Å². The number of nitrogens with zero attached hydrogens (tertiary/aromatic N) is 3. The smallest absolute Gasteiger partial charge is 0.220 e. The SMILES string of the molecule is CC(C)(C)c1ccccc1-c1cc2c3cc4ccccc4cc3n3c2c(c1)n1c2cc4ccccc4cc2nc13. The lowest BCUT2D eigenvalue weighted by Gasteiger charge is -2.23. The monoisotopic (exact) mass is 513 g/mol. The molecule has 0 fully saturated rings.